The summed E-state index contributed by atoms with van der Waals surface area (Å²) in [6, 6.07) is 9.84. The monoisotopic (exact) mass is 424 g/mol. The molecule has 2 aromatic carbocycles. The molecule has 0 spiro atoms. The summed E-state index contributed by atoms with van der Waals surface area (Å²) >= 11 is 0. The van der Waals surface area contributed by atoms with Gasteiger partial charge in [-0.15, -0.1) is 0 Å². The molecule has 0 unspecified atom stereocenters. The first kappa shape index (κ1) is 22.8. The zero-order valence-electron chi connectivity index (χ0n) is 16.9. The molecule has 6 nitrogen and oxygen atoms in total. The molecule has 0 aromatic heterocycles. The number of nitrogens with zero attached hydrogens (tertiary/aromatic N) is 1. The van der Waals surface area contributed by atoms with Crippen LogP contribution in [0.1, 0.15) is 31.9 Å². The van der Waals surface area contributed by atoms with E-state index < -0.39 is 27.2 Å². The Bertz CT molecular complexity index is 986. The van der Waals surface area contributed by atoms with Crippen LogP contribution in [-0.4, -0.2) is 27.0 Å². The van der Waals surface area contributed by atoms with Crippen LogP contribution in [0.5, 0.6) is 0 Å². The predicted octanol–water partition coefficient (Wildman–Crippen LogP) is 2.91. The molecule has 2 rings (SSSR count). The van der Waals surface area contributed by atoms with E-state index in [1.807, 2.05) is 0 Å². The Morgan fingerprint density at radius 2 is 1.62 bits per heavy atom. The summed E-state index contributed by atoms with van der Waals surface area (Å²) in [5.74, 6) is -0.736. The van der Waals surface area contributed by atoms with Gasteiger partial charge < -0.3 is 10.6 Å². The fourth-order valence-corrected chi connectivity index (χ4v) is 4.29. The highest BCUT2D eigenvalue weighted by molar-refractivity contribution is 7.89. The Hall–Kier alpha value is -2.52. The molecule has 158 valence electrons. The van der Waals surface area contributed by atoms with Crippen molar-refractivity contribution in [3.05, 3.63) is 65.2 Å². The first-order chi connectivity index (χ1) is 13.5. The van der Waals surface area contributed by atoms with Crippen LogP contribution in [0.2, 0.25) is 0 Å². The molecule has 0 aliphatic carbocycles. The quantitative estimate of drug-likeness (QED) is 0.492. The summed E-state index contributed by atoms with van der Waals surface area (Å²) < 4.78 is 55.1. The molecule has 0 aliphatic heterocycles. The van der Waals surface area contributed by atoms with Gasteiger partial charge in [-0.25, -0.2) is 21.9 Å². The van der Waals surface area contributed by atoms with E-state index in [1.165, 1.54) is 13.1 Å². The van der Waals surface area contributed by atoms with Crippen molar-refractivity contribution >= 4 is 16.0 Å². The van der Waals surface area contributed by atoms with E-state index >= 15 is 0 Å². The highest BCUT2D eigenvalue weighted by atomic mass is 32.2. The molecular weight excluding hydrogens is 398 g/mol. The van der Waals surface area contributed by atoms with Crippen molar-refractivity contribution < 1.29 is 17.2 Å². The molecule has 0 saturated heterocycles. The number of guanidine groups is 1. The number of halogens is 2. The third-order valence-corrected chi connectivity index (χ3v) is 5.69. The van der Waals surface area contributed by atoms with Gasteiger partial charge in [0.25, 0.3) is 0 Å². The lowest BCUT2D eigenvalue weighted by atomic mass is 10.1. The maximum Gasteiger partial charge on any atom is 0.241 e. The number of nitrogens with one attached hydrogen (secondary N) is 3. The highest BCUT2D eigenvalue weighted by Gasteiger charge is 2.24. The van der Waals surface area contributed by atoms with E-state index in [-0.39, 0.29) is 23.5 Å². The molecule has 29 heavy (non-hydrogen) atoms. The largest absolute Gasteiger partial charge is 0.352 e. The predicted molar refractivity (Wildman–Crippen MR) is 110 cm³/mol. The van der Waals surface area contributed by atoms with E-state index in [1.54, 1.807) is 39.0 Å². The Balaban J connectivity index is 2.09. The maximum atomic E-state index is 13.8. The Labute approximate surface area is 170 Å². The topological polar surface area (TPSA) is 82.6 Å². The van der Waals surface area contributed by atoms with Gasteiger partial charge in [0.1, 0.15) is 11.6 Å². The minimum absolute atomic E-state index is 0.0226. The van der Waals surface area contributed by atoms with Gasteiger partial charge >= 0.3 is 0 Å². The molecule has 0 fully saturated rings. The zero-order chi connectivity index (χ0) is 21.7. The second kappa shape index (κ2) is 9.32. The number of rotatable bonds is 6. The lowest BCUT2D eigenvalue weighted by Crippen LogP contribution is -2.41. The average molecular weight is 425 g/mol. The molecule has 3 N–H and O–H groups in total. The van der Waals surface area contributed by atoms with Crippen LogP contribution in [0.4, 0.5) is 8.78 Å². The Morgan fingerprint density at radius 3 is 2.24 bits per heavy atom. The Morgan fingerprint density at radius 1 is 1.00 bits per heavy atom. The zero-order valence-corrected chi connectivity index (χ0v) is 17.7. The van der Waals surface area contributed by atoms with E-state index in [0.29, 0.717) is 11.5 Å². The van der Waals surface area contributed by atoms with Crippen molar-refractivity contribution in [3.63, 3.8) is 0 Å². The molecule has 0 bridgehead atoms. The fourth-order valence-electron chi connectivity index (χ4n) is 2.63. The number of hydrogen-bond donors (Lipinski definition) is 3. The minimum Gasteiger partial charge on any atom is -0.352 e. The lowest BCUT2D eigenvalue weighted by molar-refractivity contribution is 0.491. The molecular formula is C20H26F2N4O2S. The van der Waals surface area contributed by atoms with Crippen molar-refractivity contribution in [1.29, 1.82) is 0 Å². The molecule has 0 atom stereocenters. The van der Waals surface area contributed by atoms with Crippen LogP contribution in [0.15, 0.2) is 52.4 Å². The van der Waals surface area contributed by atoms with E-state index in [0.717, 1.165) is 18.2 Å². The fraction of sp³-hybridized carbons (Fsp3) is 0.350. The second-order valence-corrected chi connectivity index (χ2v) is 9.13. The van der Waals surface area contributed by atoms with Crippen molar-refractivity contribution in [2.75, 3.05) is 7.05 Å². The molecule has 0 aliphatic rings. The van der Waals surface area contributed by atoms with Gasteiger partial charge in [0.05, 0.1) is 4.90 Å². The van der Waals surface area contributed by atoms with Crippen LogP contribution >= 0.6 is 0 Å². The lowest BCUT2D eigenvalue weighted by Gasteiger charge is -2.22. The Kier molecular flexibility index (Phi) is 7.32. The average Bonchev–Trinajstić information content (AvgIpc) is 2.63. The van der Waals surface area contributed by atoms with E-state index in [4.69, 9.17) is 0 Å². The molecule has 0 amide bonds. The summed E-state index contributed by atoms with van der Waals surface area (Å²) in [5, 5.41) is 5.88. The second-order valence-electron chi connectivity index (χ2n) is 7.48. The SMILES string of the molecule is CN=C(NCc1cc(F)ccc1F)NCc1ccccc1S(=O)(=O)NC(C)(C)C. The number of sulfonamides is 1. The standard InChI is InChI=1S/C20H26F2N4O2S/c1-20(2,3)26-29(27,28)18-8-6-5-7-14(18)12-24-19(23-4)25-13-15-11-16(21)9-10-17(15)22/h5-11,26H,12-13H2,1-4H3,(H2,23,24,25). The van der Waals surface area contributed by atoms with Gasteiger partial charge in [-0.05, 0) is 50.6 Å². The molecule has 0 saturated carbocycles. The van der Waals surface area contributed by atoms with Crippen molar-refractivity contribution in [2.45, 2.75) is 44.3 Å². The van der Waals surface area contributed by atoms with Crippen molar-refractivity contribution in [1.82, 2.24) is 15.4 Å². The summed E-state index contributed by atoms with van der Waals surface area (Å²) in [5.41, 5.74) is 0.0841. The van der Waals surface area contributed by atoms with Crippen LogP contribution < -0.4 is 15.4 Å². The molecule has 0 heterocycles. The minimum atomic E-state index is -3.71. The van der Waals surface area contributed by atoms with E-state index in [9.17, 15) is 17.2 Å². The summed E-state index contributed by atoms with van der Waals surface area (Å²) in [7, 11) is -2.18. The smallest absolute Gasteiger partial charge is 0.241 e. The number of hydrogen-bond acceptors (Lipinski definition) is 3. The highest BCUT2D eigenvalue weighted by Crippen LogP contribution is 2.17. The number of benzene rings is 2. The van der Waals surface area contributed by atoms with Crippen LogP contribution in [-0.2, 0) is 23.1 Å². The van der Waals surface area contributed by atoms with E-state index in [2.05, 4.69) is 20.3 Å². The normalized spacial score (nSPS) is 12.7. The van der Waals surface area contributed by atoms with Gasteiger partial charge in [0.15, 0.2) is 5.96 Å². The van der Waals surface area contributed by atoms with Gasteiger partial charge in [0.2, 0.25) is 10.0 Å². The molecule has 2 aromatic rings. The van der Waals surface area contributed by atoms with Gasteiger partial charge in [-0.1, -0.05) is 18.2 Å². The summed E-state index contributed by atoms with van der Waals surface area (Å²) in [6.07, 6.45) is 0. The van der Waals surface area contributed by atoms with Crippen LogP contribution in [0, 0.1) is 11.6 Å². The van der Waals surface area contributed by atoms with Gasteiger partial charge in [-0.3, -0.25) is 4.99 Å². The third-order valence-electron chi connectivity index (χ3n) is 3.83. The van der Waals surface area contributed by atoms with Crippen molar-refractivity contribution in [3.8, 4) is 0 Å². The summed E-state index contributed by atoms with van der Waals surface area (Å²) in [4.78, 5) is 4.20. The molecule has 0 radical (unpaired) electrons. The van der Waals surface area contributed by atoms with Crippen LogP contribution in [0.3, 0.4) is 0 Å². The first-order valence-corrected chi connectivity index (χ1v) is 10.5. The van der Waals surface area contributed by atoms with Gasteiger partial charge in [-0.2, -0.15) is 0 Å². The maximum absolute atomic E-state index is 13.8. The third kappa shape index (κ3) is 6.79. The van der Waals surface area contributed by atoms with Crippen LogP contribution in [0.25, 0.3) is 0 Å². The summed E-state index contributed by atoms with van der Waals surface area (Å²) in [6.45, 7) is 5.50. The molecule has 9 heteroatoms. The first-order valence-electron chi connectivity index (χ1n) is 9.02. The van der Waals surface area contributed by atoms with Gasteiger partial charge in [0, 0.05) is 31.2 Å². The van der Waals surface area contributed by atoms with Crippen molar-refractivity contribution in [2.24, 2.45) is 4.99 Å². The number of aliphatic imine (C=N–C) groups is 1.